The second-order valence-electron chi connectivity index (χ2n) is 2.63. The van der Waals surface area contributed by atoms with Crippen molar-refractivity contribution in [3.63, 3.8) is 0 Å². The Hall–Kier alpha value is -1.39. The molecule has 0 fully saturated rings. The summed E-state index contributed by atoms with van der Waals surface area (Å²) in [4.78, 5) is 10.1. The Morgan fingerprint density at radius 3 is 2.92 bits per heavy atom. The van der Waals surface area contributed by atoms with Crippen molar-refractivity contribution in [3.05, 3.63) is 21.9 Å². The van der Waals surface area contributed by atoms with Crippen LogP contribution >= 0.6 is 0 Å². The quantitative estimate of drug-likeness (QED) is 0.509. The fourth-order valence-electron chi connectivity index (χ4n) is 1.09. The van der Waals surface area contributed by atoms with Gasteiger partial charge in [-0.2, -0.15) is 0 Å². The van der Waals surface area contributed by atoms with E-state index >= 15 is 0 Å². The van der Waals surface area contributed by atoms with Crippen LogP contribution in [0.1, 0.15) is 18.9 Å². The van der Waals surface area contributed by atoms with Gasteiger partial charge < -0.3 is 10.1 Å². The molecule has 0 amide bonds. The van der Waals surface area contributed by atoms with E-state index in [0.29, 0.717) is 12.1 Å². The topological polar surface area (TPSA) is 61.0 Å². The van der Waals surface area contributed by atoms with Gasteiger partial charge in [-0.1, -0.05) is 12.0 Å². The molecule has 0 aliphatic rings. The molecule has 12 heavy (non-hydrogen) atoms. The Kier molecular flexibility index (Phi) is 2.42. The highest BCUT2D eigenvalue weighted by Gasteiger charge is 2.17. The summed E-state index contributed by atoms with van der Waals surface area (Å²) < 4.78 is 1.43. The van der Waals surface area contributed by atoms with Crippen LogP contribution in [0.15, 0.2) is 6.20 Å². The lowest BCUT2D eigenvalue weighted by molar-refractivity contribution is -0.393. The third kappa shape index (κ3) is 1.44. The van der Waals surface area contributed by atoms with E-state index in [1.54, 1.807) is 6.92 Å². The molecule has 0 radical (unpaired) electrons. The van der Waals surface area contributed by atoms with Crippen molar-refractivity contribution in [1.29, 1.82) is 0 Å². The summed E-state index contributed by atoms with van der Waals surface area (Å²) in [5.74, 6) is 0.108. The Morgan fingerprint density at radius 2 is 2.42 bits per heavy atom. The van der Waals surface area contributed by atoms with Crippen molar-refractivity contribution in [2.45, 2.75) is 26.8 Å². The first-order chi connectivity index (χ1) is 5.66. The van der Waals surface area contributed by atoms with Crippen molar-refractivity contribution < 1.29 is 4.92 Å². The first kappa shape index (κ1) is 8.70. The van der Waals surface area contributed by atoms with E-state index in [2.05, 4.69) is 5.10 Å². The molecule has 1 rings (SSSR count). The number of aromatic nitrogens is 2. The van der Waals surface area contributed by atoms with Crippen LogP contribution in [0.3, 0.4) is 0 Å². The van der Waals surface area contributed by atoms with Gasteiger partial charge in [0.2, 0.25) is 0 Å². The summed E-state index contributed by atoms with van der Waals surface area (Å²) in [5.41, 5.74) is 0.619. The smallest absolute Gasteiger partial charge is 0.347 e. The molecule has 0 N–H and O–H groups in total. The maximum atomic E-state index is 10.5. The van der Waals surface area contributed by atoms with E-state index in [4.69, 9.17) is 0 Å². The van der Waals surface area contributed by atoms with E-state index < -0.39 is 4.92 Å². The van der Waals surface area contributed by atoms with Crippen LogP contribution in [0.5, 0.6) is 0 Å². The highest BCUT2D eigenvalue weighted by molar-refractivity contribution is 5.29. The molecule has 0 aromatic carbocycles. The SMILES string of the molecule is CCCn1ncc(C)c1[N+](=O)[O-]. The third-order valence-corrected chi connectivity index (χ3v) is 1.60. The minimum absolute atomic E-state index is 0.108. The minimum atomic E-state index is -0.391. The molecule has 0 saturated carbocycles. The van der Waals surface area contributed by atoms with Gasteiger partial charge in [-0.05, 0) is 18.3 Å². The van der Waals surface area contributed by atoms with Gasteiger partial charge in [-0.3, -0.25) is 0 Å². The third-order valence-electron chi connectivity index (χ3n) is 1.60. The Balaban J connectivity index is 3.04. The normalized spacial score (nSPS) is 10.2. The number of hydrogen-bond acceptors (Lipinski definition) is 3. The van der Waals surface area contributed by atoms with Crippen LogP contribution < -0.4 is 0 Å². The minimum Gasteiger partial charge on any atom is -0.358 e. The van der Waals surface area contributed by atoms with E-state index in [-0.39, 0.29) is 5.82 Å². The average Bonchev–Trinajstić information content (AvgIpc) is 2.32. The maximum absolute atomic E-state index is 10.5. The standard InChI is InChI=1S/C7H11N3O2/c1-3-4-9-7(10(11)12)6(2)5-8-9/h5H,3-4H2,1-2H3. The highest BCUT2D eigenvalue weighted by Crippen LogP contribution is 2.16. The molecule has 0 aliphatic heterocycles. The lowest BCUT2D eigenvalue weighted by Gasteiger charge is -1.97. The lowest BCUT2D eigenvalue weighted by Crippen LogP contribution is -2.04. The van der Waals surface area contributed by atoms with Gasteiger partial charge in [0.1, 0.15) is 6.54 Å². The number of aryl methyl sites for hydroxylation is 2. The molecule has 0 saturated heterocycles. The number of nitro groups is 1. The molecule has 0 spiro atoms. The van der Waals surface area contributed by atoms with E-state index in [1.807, 2.05) is 6.92 Å². The molecule has 5 nitrogen and oxygen atoms in total. The van der Waals surface area contributed by atoms with Crippen molar-refractivity contribution >= 4 is 5.82 Å². The second kappa shape index (κ2) is 3.34. The summed E-state index contributed by atoms with van der Waals surface area (Å²) in [6, 6.07) is 0. The monoisotopic (exact) mass is 169 g/mol. The van der Waals surface area contributed by atoms with Gasteiger partial charge in [-0.25, -0.2) is 0 Å². The molecule has 0 unspecified atom stereocenters. The van der Waals surface area contributed by atoms with Crippen molar-refractivity contribution in [1.82, 2.24) is 9.78 Å². The molecule has 0 aliphatic carbocycles. The van der Waals surface area contributed by atoms with Gasteiger partial charge in [0.25, 0.3) is 0 Å². The Labute approximate surface area is 70.2 Å². The summed E-state index contributed by atoms with van der Waals surface area (Å²) in [7, 11) is 0. The first-order valence-electron chi connectivity index (χ1n) is 3.83. The Bertz CT molecular complexity index is 293. The molecular formula is C7H11N3O2. The van der Waals surface area contributed by atoms with Gasteiger partial charge in [-0.15, -0.1) is 4.68 Å². The van der Waals surface area contributed by atoms with Crippen molar-refractivity contribution in [2.24, 2.45) is 0 Å². The number of rotatable bonds is 3. The molecule has 66 valence electrons. The average molecular weight is 169 g/mol. The molecule has 5 heteroatoms. The summed E-state index contributed by atoms with van der Waals surface area (Å²) in [5, 5.41) is 14.4. The Morgan fingerprint density at radius 1 is 1.75 bits per heavy atom. The molecule has 1 heterocycles. The predicted octanol–water partition coefficient (Wildman–Crippen LogP) is 1.51. The summed E-state index contributed by atoms with van der Waals surface area (Å²) in [6.45, 7) is 4.25. The van der Waals surface area contributed by atoms with Crippen LogP contribution in [-0.2, 0) is 6.54 Å². The summed E-state index contributed by atoms with van der Waals surface area (Å²) in [6.07, 6.45) is 2.37. The fourth-order valence-corrected chi connectivity index (χ4v) is 1.09. The fraction of sp³-hybridized carbons (Fsp3) is 0.571. The first-order valence-corrected chi connectivity index (χ1v) is 3.83. The van der Waals surface area contributed by atoms with Gasteiger partial charge in [0.05, 0.1) is 11.8 Å². The van der Waals surface area contributed by atoms with Gasteiger partial charge in [0.15, 0.2) is 0 Å². The maximum Gasteiger partial charge on any atom is 0.347 e. The van der Waals surface area contributed by atoms with Crippen molar-refractivity contribution in [3.8, 4) is 0 Å². The van der Waals surface area contributed by atoms with Crippen LogP contribution in [0.25, 0.3) is 0 Å². The van der Waals surface area contributed by atoms with Gasteiger partial charge in [0, 0.05) is 0 Å². The molecule has 0 atom stereocenters. The highest BCUT2D eigenvalue weighted by atomic mass is 16.6. The van der Waals surface area contributed by atoms with Crippen LogP contribution in [-0.4, -0.2) is 14.7 Å². The predicted molar refractivity (Wildman–Crippen MR) is 43.9 cm³/mol. The van der Waals surface area contributed by atoms with Crippen LogP contribution in [0.2, 0.25) is 0 Å². The van der Waals surface area contributed by atoms with E-state index in [0.717, 1.165) is 6.42 Å². The van der Waals surface area contributed by atoms with Crippen LogP contribution in [0.4, 0.5) is 5.82 Å². The molecule has 1 aromatic rings. The van der Waals surface area contributed by atoms with E-state index in [9.17, 15) is 10.1 Å². The largest absolute Gasteiger partial charge is 0.358 e. The zero-order valence-corrected chi connectivity index (χ0v) is 7.15. The lowest BCUT2D eigenvalue weighted by atomic mass is 10.4. The van der Waals surface area contributed by atoms with Crippen molar-refractivity contribution in [2.75, 3.05) is 0 Å². The van der Waals surface area contributed by atoms with Gasteiger partial charge >= 0.3 is 5.82 Å². The zero-order valence-electron chi connectivity index (χ0n) is 7.15. The zero-order chi connectivity index (χ0) is 9.14. The molecular weight excluding hydrogens is 158 g/mol. The second-order valence-corrected chi connectivity index (χ2v) is 2.63. The van der Waals surface area contributed by atoms with E-state index in [1.165, 1.54) is 10.9 Å². The number of hydrogen-bond donors (Lipinski definition) is 0. The molecule has 1 aromatic heterocycles. The molecule has 0 bridgehead atoms. The van der Waals surface area contributed by atoms with Crippen LogP contribution in [0, 0.1) is 17.0 Å². The number of nitrogens with zero attached hydrogens (tertiary/aromatic N) is 3. The summed E-state index contributed by atoms with van der Waals surface area (Å²) >= 11 is 0.